The first-order valence-electron chi connectivity index (χ1n) is 12.1. The van der Waals surface area contributed by atoms with Crippen LogP contribution in [0, 0.1) is 19.8 Å². The van der Waals surface area contributed by atoms with E-state index in [4.69, 9.17) is 19.3 Å². The fraction of sp³-hybridized carbons (Fsp3) is 0.423. The first-order chi connectivity index (χ1) is 17.5. The van der Waals surface area contributed by atoms with E-state index in [1.807, 2.05) is 37.1 Å². The smallest absolute Gasteiger partial charge is 0.475 e. The second-order valence-electron chi connectivity index (χ2n) is 9.82. The minimum absolute atomic E-state index is 0.00969. The predicted octanol–water partition coefficient (Wildman–Crippen LogP) is 4.69. The molecule has 3 aromatic rings. The third kappa shape index (κ3) is 4.47. The van der Waals surface area contributed by atoms with Crippen molar-refractivity contribution in [2.75, 3.05) is 24.5 Å². The molecule has 1 amide bonds. The fourth-order valence-electron chi connectivity index (χ4n) is 5.16. The molecular weight excluding hydrogens is 489 g/mol. The van der Waals surface area contributed by atoms with Crippen LogP contribution >= 0.6 is 0 Å². The van der Waals surface area contributed by atoms with E-state index in [0.717, 1.165) is 42.6 Å². The van der Waals surface area contributed by atoms with Crippen molar-refractivity contribution in [1.29, 1.82) is 0 Å². The molecule has 2 fully saturated rings. The van der Waals surface area contributed by atoms with E-state index in [2.05, 4.69) is 33.9 Å². The molecule has 0 aromatic carbocycles. The van der Waals surface area contributed by atoms with E-state index in [1.165, 1.54) is 24.2 Å². The van der Waals surface area contributed by atoms with Crippen molar-refractivity contribution < 1.29 is 32.3 Å². The number of alkyl halides is 3. The quantitative estimate of drug-likeness (QED) is 0.543. The Hall–Kier alpha value is -3.76. The fourth-order valence-corrected chi connectivity index (χ4v) is 5.16. The maximum atomic E-state index is 13.3. The zero-order valence-corrected chi connectivity index (χ0v) is 20.5. The van der Waals surface area contributed by atoms with Gasteiger partial charge in [-0.3, -0.25) is 4.79 Å². The summed E-state index contributed by atoms with van der Waals surface area (Å²) in [6.45, 7) is 6.30. The normalized spacial score (nSPS) is 20.4. The van der Waals surface area contributed by atoms with Crippen molar-refractivity contribution in [3.8, 4) is 5.82 Å². The van der Waals surface area contributed by atoms with Crippen LogP contribution in [0.1, 0.15) is 46.8 Å². The maximum Gasteiger partial charge on any atom is 0.490 e. The maximum absolute atomic E-state index is 13.3. The second kappa shape index (κ2) is 8.97. The van der Waals surface area contributed by atoms with E-state index in [1.54, 1.807) is 0 Å². The Bertz CT molecular complexity index is 1320. The number of aryl methyl sites for hydroxylation is 2. The topological polar surface area (TPSA) is 91.8 Å². The van der Waals surface area contributed by atoms with Crippen LogP contribution in [0.5, 0.6) is 0 Å². The lowest BCUT2D eigenvalue weighted by Crippen LogP contribution is -2.53. The summed E-state index contributed by atoms with van der Waals surface area (Å²) < 4.78 is 39.7. The van der Waals surface area contributed by atoms with Gasteiger partial charge in [0.1, 0.15) is 11.3 Å². The molecule has 3 aromatic heterocycles. The van der Waals surface area contributed by atoms with Gasteiger partial charge in [0, 0.05) is 25.5 Å². The number of carboxylic acids is 1. The van der Waals surface area contributed by atoms with Gasteiger partial charge in [0.25, 0.3) is 5.91 Å². The van der Waals surface area contributed by atoms with Crippen molar-refractivity contribution in [2.24, 2.45) is 5.92 Å². The molecule has 1 atom stereocenters. The number of nitrogens with zero attached hydrogens (tertiary/aromatic N) is 4. The minimum atomic E-state index is -5.08. The average molecular weight is 517 g/mol. The van der Waals surface area contributed by atoms with Crippen LogP contribution < -0.4 is 4.90 Å². The van der Waals surface area contributed by atoms with Crippen LogP contribution in [-0.4, -0.2) is 57.2 Å². The molecule has 1 aliphatic carbocycles. The number of fused-ring (bicyclic) bond motifs is 4. The van der Waals surface area contributed by atoms with Gasteiger partial charge in [-0.25, -0.2) is 9.78 Å². The number of rotatable bonds is 3. The van der Waals surface area contributed by atoms with Gasteiger partial charge < -0.3 is 23.9 Å². The second-order valence-corrected chi connectivity index (χ2v) is 9.82. The molecule has 0 radical (unpaired) electrons. The highest BCUT2D eigenvalue weighted by Gasteiger charge is 2.52. The number of pyridine rings is 1. The third-order valence-electron chi connectivity index (χ3n) is 7.32. The van der Waals surface area contributed by atoms with Crippen LogP contribution in [-0.2, 0) is 10.3 Å². The summed E-state index contributed by atoms with van der Waals surface area (Å²) in [5, 5.41) is 7.12. The van der Waals surface area contributed by atoms with Crippen molar-refractivity contribution in [3.05, 3.63) is 65.5 Å². The molecule has 1 spiro atoms. The molecule has 37 heavy (non-hydrogen) atoms. The van der Waals surface area contributed by atoms with Crippen LogP contribution in [0.25, 0.3) is 5.82 Å². The zero-order chi connectivity index (χ0) is 26.5. The number of halogens is 3. The van der Waals surface area contributed by atoms with Crippen LogP contribution in [0.3, 0.4) is 0 Å². The van der Waals surface area contributed by atoms with Crippen LogP contribution in [0.2, 0.25) is 0 Å². The average Bonchev–Trinajstić information content (AvgIpc) is 3.21. The predicted molar refractivity (Wildman–Crippen MR) is 128 cm³/mol. The molecule has 2 aliphatic heterocycles. The molecule has 3 aliphatic rings. The summed E-state index contributed by atoms with van der Waals surface area (Å²) in [5.74, 6) is 0.220. The van der Waals surface area contributed by atoms with Crippen molar-refractivity contribution in [1.82, 2.24) is 14.5 Å². The van der Waals surface area contributed by atoms with Crippen LogP contribution in [0.4, 0.5) is 18.9 Å². The highest BCUT2D eigenvalue weighted by molar-refractivity contribution is 5.92. The number of aromatic nitrogens is 2. The van der Waals surface area contributed by atoms with Crippen molar-refractivity contribution >= 4 is 17.6 Å². The Balaban J connectivity index is 0.000000355. The number of amides is 1. The van der Waals surface area contributed by atoms with Crippen molar-refractivity contribution in [2.45, 2.75) is 44.8 Å². The first-order valence-corrected chi connectivity index (χ1v) is 12.1. The van der Waals surface area contributed by atoms with Gasteiger partial charge in [0.05, 0.1) is 17.9 Å². The Morgan fingerprint density at radius 2 is 1.95 bits per heavy atom. The van der Waals surface area contributed by atoms with Crippen molar-refractivity contribution in [3.63, 3.8) is 0 Å². The monoisotopic (exact) mass is 516 g/mol. The molecule has 0 bridgehead atoms. The third-order valence-corrected chi connectivity index (χ3v) is 7.32. The lowest BCUT2D eigenvalue weighted by Gasteiger charge is -2.47. The number of likely N-dealkylation sites (tertiary alicyclic amines) is 1. The molecule has 8 nitrogen and oxygen atoms in total. The number of hydrogen-bond donors (Lipinski definition) is 1. The molecular formula is C26H27F3N4O4. The molecule has 1 unspecified atom stereocenters. The SMILES string of the molecule is Cc1cc(C(=O)N2CCC3(C2)c2cccn2-c2ncccc2N3CC2CC2)oc1C.O=C(O)C(F)(F)F. The van der Waals surface area contributed by atoms with E-state index >= 15 is 0 Å². The molecule has 11 heteroatoms. The van der Waals surface area contributed by atoms with Gasteiger partial charge in [-0.15, -0.1) is 0 Å². The van der Waals surface area contributed by atoms with E-state index in [-0.39, 0.29) is 11.4 Å². The number of aliphatic carboxylic acids is 1. The van der Waals surface area contributed by atoms with Gasteiger partial charge in [-0.1, -0.05) is 0 Å². The number of anilines is 1. The number of furan rings is 1. The Morgan fingerprint density at radius 3 is 2.57 bits per heavy atom. The summed E-state index contributed by atoms with van der Waals surface area (Å²) in [4.78, 5) is 31.4. The molecule has 196 valence electrons. The lowest BCUT2D eigenvalue weighted by molar-refractivity contribution is -0.192. The molecule has 1 N–H and O–H groups in total. The van der Waals surface area contributed by atoms with Gasteiger partial charge in [-0.2, -0.15) is 13.2 Å². The number of carbonyl (C=O) groups excluding carboxylic acids is 1. The zero-order valence-electron chi connectivity index (χ0n) is 20.5. The summed E-state index contributed by atoms with van der Waals surface area (Å²) >= 11 is 0. The largest absolute Gasteiger partial charge is 0.490 e. The highest BCUT2D eigenvalue weighted by Crippen LogP contribution is 2.49. The van der Waals surface area contributed by atoms with E-state index < -0.39 is 12.1 Å². The highest BCUT2D eigenvalue weighted by atomic mass is 19.4. The van der Waals surface area contributed by atoms with Gasteiger partial charge in [0.15, 0.2) is 11.6 Å². The summed E-state index contributed by atoms with van der Waals surface area (Å²) in [5.41, 5.74) is 3.20. The number of hydrogen-bond acceptors (Lipinski definition) is 5. The molecule has 5 heterocycles. The van der Waals surface area contributed by atoms with Crippen LogP contribution in [0.15, 0.2) is 47.1 Å². The summed E-state index contributed by atoms with van der Waals surface area (Å²) in [6, 6.07) is 10.4. The number of carboxylic acid groups (broad SMARTS) is 1. The minimum Gasteiger partial charge on any atom is -0.475 e. The van der Waals surface area contributed by atoms with Gasteiger partial charge in [0.2, 0.25) is 0 Å². The molecule has 1 saturated heterocycles. The summed E-state index contributed by atoms with van der Waals surface area (Å²) in [7, 11) is 0. The standard InChI is InChI=1S/C24H26N4O2.C2HF3O2/c1-16-13-20(30-17(16)2)23(29)26-12-9-24(15-26)21-6-4-11-27(21)22-19(5-3-10-25-22)28(24)14-18-7-8-18;3-2(4,5)1(6)7/h3-6,10-11,13,18H,7-9,12,14-15H2,1-2H3;(H,6,7). The van der Waals surface area contributed by atoms with Gasteiger partial charge >= 0.3 is 12.1 Å². The Morgan fingerprint density at radius 1 is 1.22 bits per heavy atom. The first kappa shape index (κ1) is 24.9. The van der Waals surface area contributed by atoms with E-state index in [9.17, 15) is 18.0 Å². The Labute approximate surface area is 211 Å². The lowest BCUT2D eigenvalue weighted by atomic mass is 9.88. The molecule has 6 rings (SSSR count). The molecule has 1 saturated carbocycles. The Kier molecular flexibility index (Phi) is 6.04. The van der Waals surface area contributed by atoms with E-state index in [0.29, 0.717) is 12.3 Å². The number of carbonyl (C=O) groups is 2. The van der Waals surface area contributed by atoms with Gasteiger partial charge in [-0.05, 0) is 74.9 Å². The summed E-state index contributed by atoms with van der Waals surface area (Å²) in [6.07, 6.45) is 2.36.